The molecule has 1 aliphatic heterocycles. The van der Waals surface area contributed by atoms with Crippen molar-refractivity contribution in [2.75, 3.05) is 61.5 Å². The number of aromatic nitrogens is 1. The van der Waals surface area contributed by atoms with Crippen LogP contribution in [0, 0.1) is 11.3 Å². The fourth-order valence-electron chi connectivity index (χ4n) is 5.21. The molecule has 0 bridgehead atoms. The number of carbonyl (C=O) groups excluding carboxylic acids is 2. The Labute approximate surface area is 227 Å². The van der Waals surface area contributed by atoms with Crippen molar-refractivity contribution in [3.63, 3.8) is 0 Å². The molecule has 8 heteroatoms. The third-order valence-electron chi connectivity index (χ3n) is 7.62. The zero-order valence-corrected chi connectivity index (χ0v) is 23.4. The number of methoxy groups -OCH3 is 1. The molecule has 1 aliphatic carbocycles. The molecule has 2 aliphatic rings. The van der Waals surface area contributed by atoms with Gasteiger partial charge in [-0.3, -0.25) is 19.4 Å². The summed E-state index contributed by atoms with van der Waals surface area (Å²) in [5, 5.41) is 2.98. The van der Waals surface area contributed by atoms with Gasteiger partial charge in [-0.25, -0.2) is 4.98 Å². The molecule has 2 aromatic rings. The number of hydrogen-bond acceptors (Lipinski definition) is 6. The van der Waals surface area contributed by atoms with Gasteiger partial charge >= 0.3 is 0 Å². The Morgan fingerprint density at radius 2 is 1.79 bits per heavy atom. The molecule has 1 aromatic carbocycles. The van der Waals surface area contributed by atoms with Crippen LogP contribution in [0.2, 0.25) is 0 Å². The first-order valence-electron chi connectivity index (χ1n) is 14.0. The number of amides is 2. The van der Waals surface area contributed by atoms with E-state index in [4.69, 9.17) is 4.74 Å². The second-order valence-corrected chi connectivity index (χ2v) is 11.4. The van der Waals surface area contributed by atoms with E-state index in [1.165, 1.54) is 6.42 Å². The zero-order valence-electron chi connectivity index (χ0n) is 23.4. The summed E-state index contributed by atoms with van der Waals surface area (Å²) in [5.41, 5.74) is 1.31. The highest BCUT2D eigenvalue weighted by atomic mass is 16.5. The summed E-state index contributed by atoms with van der Waals surface area (Å²) in [6.07, 6.45) is 7.26. The Balaban J connectivity index is 1.35. The monoisotopic (exact) mass is 521 g/mol. The Morgan fingerprint density at radius 1 is 1.05 bits per heavy atom. The van der Waals surface area contributed by atoms with Gasteiger partial charge in [0.15, 0.2) is 0 Å². The highest BCUT2D eigenvalue weighted by Gasteiger charge is 2.29. The summed E-state index contributed by atoms with van der Waals surface area (Å²) in [6, 6.07) is 11.7. The molecule has 2 fully saturated rings. The van der Waals surface area contributed by atoms with Crippen molar-refractivity contribution in [2.24, 2.45) is 11.3 Å². The molecular formula is C30H43N5O3. The van der Waals surface area contributed by atoms with Gasteiger partial charge in [0, 0.05) is 68.6 Å². The smallest absolute Gasteiger partial charge is 0.231 e. The molecule has 8 nitrogen and oxygen atoms in total. The van der Waals surface area contributed by atoms with E-state index in [1.807, 2.05) is 62.1 Å². The van der Waals surface area contributed by atoms with Gasteiger partial charge in [0.2, 0.25) is 11.8 Å². The van der Waals surface area contributed by atoms with Gasteiger partial charge in [0.05, 0.1) is 12.8 Å². The minimum absolute atomic E-state index is 0.0253. The number of nitrogens with one attached hydrogen (secondary N) is 1. The lowest BCUT2D eigenvalue weighted by Crippen LogP contribution is -2.50. The maximum absolute atomic E-state index is 13.4. The standard InChI is InChI=1S/C30H43N5O3/c1-30(2,3)29(37)32-24-13-14-25(26(22-24)38-4)34-19-16-33(17-20-34)18-21-35(27-12-8-9-15-31-27)28(36)23-10-6-5-7-11-23/h8-9,12-15,22-23H,5-7,10-11,16-21H2,1-4H3,(H,32,37). The zero-order chi connectivity index (χ0) is 27.1. The van der Waals surface area contributed by atoms with Crippen molar-refractivity contribution in [1.82, 2.24) is 9.88 Å². The van der Waals surface area contributed by atoms with Crippen LogP contribution >= 0.6 is 0 Å². The van der Waals surface area contributed by atoms with Crippen molar-refractivity contribution in [2.45, 2.75) is 52.9 Å². The number of ether oxygens (including phenoxy) is 1. The fourth-order valence-corrected chi connectivity index (χ4v) is 5.21. The second-order valence-electron chi connectivity index (χ2n) is 11.4. The molecule has 1 saturated carbocycles. The van der Waals surface area contributed by atoms with Crippen molar-refractivity contribution in [3.8, 4) is 5.75 Å². The van der Waals surface area contributed by atoms with Gasteiger partial charge < -0.3 is 15.0 Å². The van der Waals surface area contributed by atoms with E-state index in [2.05, 4.69) is 20.1 Å². The molecule has 2 amide bonds. The Hall–Kier alpha value is -3.13. The maximum atomic E-state index is 13.4. The van der Waals surface area contributed by atoms with Crippen LogP contribution in [0.15, 0.2) is 42.6 Å². The first-order chi connectivity index (χ1) is 18.3. The third kappa shape index (κ3) is 7.04. The maximum Gasteiger partial charge on any atom is 0.231 e. The second kappa shape index (κ2) is 12.6. The van der Waals surface area contributed by atoms with Gasteiger partial charge in [0.1, 0.15) is 11.6 Å². The highest BCUT2D eigenvalue weighted by molar-refractivity contribution is 5.95. The Bertz CT molecular complexity index is 1070. The van der Waals surface area contributed by atoms with Gasteiger partial charge in [-0.1, -0.05) is 46.1 Å². The number of piperazine rings is 1. The third-order valence-corrected chi connectivity index (χ3v) is 7.62. The molecule has 0 radical (unpaired) electrons. The lowest BCUT2D eigenvalue weighted by atomic mass is 9.88. The number of benzene rings is 1. The van der Waals surface area contributed by atoms with Crippen molar-refractivity contribution in [1.29, 1.82) is 0 Å². The molecule has 1 aromatic heterocycles. The van der Waals surface area contributed by atoms with Gasteiger partial charge in [0.25, 0.3) is 0 Å². The summed E-state index contributed by atoms with van der Waals surface area (Å²) in [5.74, 6) is 1.83. The summed E-state index contributed by atoms with van der Waals surface area (Å²) >= 11 is 0. The number of rotatable bonds is 8. The van der Waals surface area contributed by atoms with E-state index in [1.54, 1.807) is 13.3 Å². The largest absolute Gasteiger partial charge is 0.495 e. The van der Waals surface area contributed by atoms with Crippen LogP contribution in [0.4, 0.5) is 17.2 Å². The minimum atomic E-state index is -0.463. The summed E-state index contributed by atoms with van der Waals surface area (Å²) in [6.45, 7) is 10.7. The molecular weight excluding hydrogens is 478 g/mol. The van der Waals surface area contributed by atoms with Gasteiger partial charge in [-0.2, -0.15) is 0 Å². The number of anilines is 3. The summed E-state index contributed by atoms with van der Waals surface area (Å²) in [4.78, 5) is 37.0. The summed E-state index contributed by atoms with van der Waals surface area (Å²) < 4.78 is 5.69. The molecule has 206 valence electrons. The molecule has 0 unspecified atom stereocenters. The number of carbonyl (C=O) groups is 2. The van der Waals surface area contributed by atoms with Crippen LogP contribution < -0.4 is 19.9 Å². The molecule has 1 saturated heterocycles. The Kier molecular flexibility index (Phi) is 9.26. The quantitative estimate of drug-likeness (QED) is 0.537. The summed E-state index contributed by atoms with van der Waals surface area (Å²) in [7, 11) is 1.67. The number of pyridine rings is 1. The molecule has 4 rings (SSSR count). The lowest BCUT2D eigenvalue weighted by Gasteiger charge is -2.38. The molecule has 1 N–H and O–H groups in total. The number of nitrogens with zero attached hydrogens (tertiary/aromatic N) is 4. The van der Waals surface area contributed by atoms with Crippen LogP contribution in [-0.2, 0) is 9.59 Å². The van der Waals surface area contributed by atoms with Crippen LogP contribution in [0.3, 0.4) is 0 Å². The average molecular weight is 522 g/mol. The van der Waals surface area contributed by atoms with E-state index in [-0.39, 0.29) is 17.7 Å². The minimum Gasteiger partial charge on any atom is -0.495 e. The Morgan fingerprint density at radius 3 is 2.42 bits per heavy atom. The van der Waals surface area contributed by atoms with Crippen molar-refractivity contribution < 1.29 is 14.3 Å². The number of hydrogen-bond donors (Lipinski definition) is 1. The first-order valence-corrected chi connectivity index (χ1v) is 14.0. The van der Waals surface area contributed by atoms with Crippen LogP contribution in [0.25, 0.3) is 0 Å². The first kappa shape index (κ1) is 27.9. The van der Waals surface area contributed by atoms with Gasteiger partial charge in [-0.15, -0.1) is 0 Å². The predicted octanol–water partition coefficient (Wildman–Crippen LogP) is 4.81. The molecule has 38 heavy (non-hydrogen) atoms. The highest BCUT2D eigenvalue weighted by Crippen LogP contribution is 2.33. The van der Waals surface area contributed by atoms with E-state index in [0.717, 1.165) is 81.3 Å². The predicted molar refractivity (Wildman–Crippen MR) is 153 cm³/mol. The van der Waals surface area contributed by atoms with Crippen molar-refractivity contribution in [3.05, 3.63) is 42.6 Å². The fraction of sp³-hybridized carbons (Fsp3) is 0.567. The topological polar surface area (TPSA) is 78.0 Å². The van der Waals surface area contributed by atoms with Crippen LogP contribution in [0.5, 0.6) is 5.75 Å². The van der Waals surface area contributed by atoms with E-state index >= 15 is 0 Å². The van der Waals surface area contributed by atoms with Crippen LogP contribution in [-0.4, -0.2) is 68.1 Å². The van der Waals surface area contributed by atoms with Crippen LogP contribution in [0.1, 0.15) is 52.9 Å². The van der Waals surface area contributed by atoms with E-state index < -0.39 is 5.41 Å². The molecule has 0 spiro atoms. The molecule has 0 atom stereocenters. The average Bonchev–Trinajstić information content (AvgIpc) is 2.94. The van der Waals surface area contributed by atoms with E-state index in [9.17, 15) is 9.59 Å². The normalized spacial score (nSPS) is 17.2. The van der Waals surface area contributed by atoms with Crippen molar-refractivity contribution >= 4 is 29.0 Å². The van der Waals surface area contributed by atoms with Gasteiger partial charge in [-0.05, 0) is 37.1 Å². The SMILES string of the molecule is COc1cc(NC(=O)C(C)(C)C)ccc1N1CCN(CCN(C(=O)C2CCCCC2)c2ccccn2)CC1. The van der Waals surface area contributed by atoms with E-state index in [0.29, 0.717) is 6.54 Å². The molecule has 2 heterocycles. The lowest BCUT2D eigenvalue weighted by molar-refractivity contribution is -0.124.